The molecule has 38 heavy (non-hydrogen) atoms. The molecule has 4 aromatic rings. The second-order valence-corrected chi connectivity index (χ2v) is 10.5. The second-order valence-electron chi connectivity index (χ2n) is 9.33. The quantitative estimate of drug-likeness (QED) is 0.243. The first kappa shape index (κ1) is 25.9. The van der Waals surface area contributed by atoms with E-state index in [0.29, 0.717) is 40.4 Å². The van der Waals surface area contributed by atoms with Crippen molar-refractivity contribution in [3.63, 3.8) is 0 Å². The van der Waals surface area contributed by atoms with Crippen molar-refractivity contribution in [2.24, 2.45) is 0 Å². The highest BCUT2D eigenvalue weighted by Gasteiger charge is 2.53. The topological polar surface area (TPSA) is 88.5 Å². The number of ether oxygens (including phenoxy) is 1. The van der Waals surface area contributed by atoms with E-state index in [1.54, 1.807) is 38.1 Å². The molecule has 1 aliphatic carbocycles. The number of anilines is 1. The number of halogens is 2. The minimum absolute atomic E-state index is 0.233. The number of nitrogens with one attached hydrogen (secondary N) is 1. The van der Waals surface area contributed by atoms with Gasteiger partial charge in [-0.25, -0.2) is 9.18 Å². The van der Waals surface area contributed by atoms with Crippen LogP contribution in [-0.4, -0.2) is 21.5 Å². The zero-order valence-electron chi connectivity index (χ0n) is 20.6. The fourth-order valence-corrected chi connectivity index (χ4v) is 5.63. The Morgan fingerprint density at radius 3 is 2.37 bits per heavy atom. The van der Waals surface area contributed by atoms with Crippen molar-refractivity contribution < 1.29 is 23.8 Å². The predicted molar refractivity (Wildman–Crippen MR) is 146 cm³/mol. The number of carbonyl (C=O) groups is 2. The minimum atomic E-state index is -1.09. The maximum atomic E-state index is 14.8. The van der Waals surface area contributed by atoms with Crippen LogP contribution in [0.3, 0.4) is 0 Å². The third-order valence-corrected chi connectivity index (χ3v) is 8.17. The summed E-state index contributed by atoms with van der Waals surface area (Å²) in [5, 5.41) is 12.8. The molecule has 2 N–H and O–H groups in total. The standard InChI is InChI=1S/C29H24ClFN2O4S/c1-16-25(32-28(36)37-17(2)21-5-3-4-6-23(21)30)26(38-33-16)19-9-7-18(8-10-19)20-11-12-22(24(31)15-20)29(13-14-29)27(34)35/h3-12,15,17H,13-14H2,1-2H3,(H,32,36)(H,34,35)/t17-/m1/s1. The summed E-state index contributed by atoms with van der Waals surface area (Å²) in [7, 11) is 0. The fourth-order valence-electron chi connectivity index (χ4n) is 4.49. The Hall–Kier alpha value is -3.75. The number of benzene rings is 3. The molecular weight excluding hydrogens is 527 g/mol. The lowest BCUT2D eigenvalue weighted by atomic mass is 9.93. The number of hydrogen-bond donors (Lipinski definition) is 2. The van der Waals surface area contributed by atoms with E-state index < -0.39 is 29.4 Å². The molecule has 1 heterocycles. The van der Waals surface area contributed by atoms with E-state index in [-0.39, 0.29) is 5.56 Å². The molecule has 0 aliphatic heterocycles. The molecule has 0 radical (unpaired) electrons. The highest BCUT2D eigenvalue weighted by molar-refractivity contribution is 7.10. The summed E-state index contributed by atoms with van der Waals surface area (Å²) in [6.45, 7) is 3.55. The lowest BCUT2D eigenvalue weighted by Crippen LogP contribution is -2.20. The van der Waals surface area contributed by atoms with Crippen LogP contribution in [0.5, 0.6) is 0 Å². The number of rotatable bonds is 7. The van der Waals surface area contributed by atoms with Gasteiger partial charge in [-0.1, -0.05) is 66.2 Å². The molecule has 3 aromatic carbocycles. The maximum absolute atomic E-state index is 14.8. The number of carbonyl (C=O) groups excluding carboxylic acids is 1. The summed E-state index contributed by atoms with van der Waals surface area (Å²) in [6.07, 6.45) is -0.270. The van der Waals surface area contributed by atoms with Gasteiger partial charge in [-0.05, 0) is 67.0 Å². The molecule has 1 saturated carbocycles. The zero-order chi connectivity index (χ0) is 27.0. The molecule has 1 atom stereocenters. The number of nitrogens with zero attached hydrogens (tertiary/aromatic N) is 1. The largest absolute Gasteiger partial charge is 0.481 e. The van der Waals surface area contributed by atoms with Crippen LogP contribution in [0.1, 0.15) is 42.7 Å². The number of amides is 1. The fraction of sp³-hybridized carbons (Fsp3) is 0.207. The van der Waals surface area contributed by atoms with E-state index in [9.17, 15) is 19.1 Å². The molecule has 1 fully saturated rings. The van der Waals surface area contributed by atoms with Gasteiger partial charge in [0, 0.05) is 16.1 Å². The lowest BCUT2D eigenvalue weighted by Gasteiger charge is -2.16. The van der Waals surface area contributed by atoms with E-state index >= 15 is 0 Å². The number of hydrogen-bond acceptors (Lipinski definition) is 5. The minimum Gasteiger partial charge on any atom is -0.481 e. The van der Waals surface area contributed by atoms with E-state index in [1.807, 2.05) is 36.4 Å². The third kappa shape index (κ3) is 4.89. The van der Waals surface area contributed by atoms with Crippen LogP contribution in [0.2, 0.25) is 5.02 Å². The first-order valence-corrected chi connectivity index (χ1v) is 13.2. The van der Waals surface area contributed by atoms with Crippen molar-refractivity contribution >= 4 is 40.9 Å². The van der Waals surface area contributed by atoms with Crippen LogP contribution >= 0.6 is 23.1 Å². The Balaban J connectivity index is 1.33. The van der Waals surface area contributed by atoms with Crippen molar-refractivity contribution in [1.29, 1.82) is 0 Å². The second kappa shape index (κ2) is 10.2. The number of aromatic nitrogens is 1. The van der Waals surface area contributed by atoms with Gasteiger partial charge in [0.2, 0.25) is 0 Å². The van der Waals surface area contributed by atoms with Crippen LogP contribution < -0.4 is 5.32 Å². The van der Waals surface area contributed by atoms with Gasteiger partial charge in [-0.3, -0.25) is 10.1 Å². The van der Waals surface area contributed by atoms with Crippen molar-refractivity contribution in [2.75, 3.05) is 5.32 Å². The number of carboxylic acid groups (broad SMARTS) is 1. The number of carboxylic acids is 1. The van der Waals surface area contributed by atoms with Crippen LogP contribution in [-0.2, 0) is 14.9 Å². The highest BCUT2D eigenvalue weighted by Crippen LogP contribution is 2.49. The van der Waals surface area contributed by atoms with E-state index in [4.69, 9.17) is 16.3 Å². The monoisotopic (exact) mass is 550 g/mol. The molecule has 0 unspecified atom stereocenters. The Labute approximate surface area is 228 Å². The van der Waals surface area contributed by atoms with E-state index in [2.05, 4.69) is 9.69 Å². The van der Waals surface area contributed by atoms with Gasteiger partial charge >= 0.3 is 12.1 Å². The molecule has 5 rings (SSSR count). The molecule has 1 aromatic heterocycles. The number of aryl methyl sites for hydroxylation is 1. The normalized spacial score (nSPS) is 14.5. The van der Waals surface area contributed by atoms with Crippen molar-refractivity contribution in [3.8, 4) is 21.6 Å². The SMILES string of the molecule is Cc1nsc(-c2ccc(-c3ccc(C4(C(=O)O)CC4)c(F)c3)cc2)c1NC(=O)O[C@H](C)c1ccccc1Cl. The van der Waals surface area contributed by atoms with Crippen LogP contribution in [0.15, 0.2) is 66.7 Å². The van der Waals surface area contributed by atoms with Crippen molar-refractivity contribution in [2.45, 2.75) is 38.2 Å². The van der Waals surface area contributed by atoms with Gasteiger partial charge < -0.3 is 9.84 Å². The van der Waals surface area contributed by atoms with Gasteiger partial charge in [0.1, 0.15) is 11.9 Å². The summed E-state index contributed by atoms with van der Waals surface area (Å²) < 4.78 is 24.8. The summed E-state index contributed by atoms with van der Waals surface area (Å²) in [5.41, 5.74) is 3.31. The highest BCUT2D eigenvalue weighted by atomic mass is 35.5. The van der Waals surface area contributed by atoms with Gasteiger partial charge in [-0.15, -0.1) is 0 Å². The smallest absolute Gasteiger partial charge is 0.412 e. The number of aliphatic carboxylic acids is 1. The summed E-state index contributed by atoms with van der Waals surface area (Å²) in [6, 6.07) is 19.3. The molecule has 9 heteroatoms. The zero-order valence-corrected chi connectivity index (χ0v) is 22.2. The molecule has 6 nitrogen and oxygen atoms in total. The van der Waals surface area contributed by atoms with Gasteiger partial charge in [0.05, 0.1) is 21.7 Å². The van der Waals surface area contributed by atoms with Gasteiger partial charge in [0.25, 0.3) is 0 Å². The van der Waals surface area contributed by atoms with E-state index in [1.165, 1.54) is 17.6 Å². The molecule has 194 valence electrons. The summed E-state index contributed by atoms with van der Waals surface area (Å²) >= 11 is 7.47. The average molecular weight is 551 g/mol. The Kier molecular flexibility index (Phi) is 6.94. The molecule has 0 bridgehead atoms. The maximum Gasteiger partial charge on any atom is 0.412 e. The predicted octanol–water partition coefficient (Wildman–Crippen LogP) is 8.00. The Bertz CT molecular complexity index is 1530. The summed E-state index contributed by atoms with van der Waals surface area (Å²) in [5.74, 6) is -1.50. The van der Waals surface area contributed by atoms with Crippen LogP contribution in [0.25, 0.3) is 21.6 Å². The van der Waals surface area contributed by atoms with Gasteiger partial charge in [0.15, 0.2) is 0 Å². The lowest BCUT2D eigenvalue weighted by molar-refractivity contribution is -0.140. The van der Waals surface area contributed by atoms with E-state index in [0.717, 1.165) is 16.0 Å². The molecule has 0 spiro atoms. The molecule has 1 amide bonds. The third-order valence-electron chi connectivity index (χ3n) is 6.84. The first-order valence-electron chi connectivity index (χ1n) is 12.0. The van der Waals surface area contributed by atoms with Crippen molar-refractivity contribution in [3.05, 3.63) is 94.4 Å². The van der Waals surface area contributed by atoms with Gasteiger partial charge in [-0.2, -0.15) is 4.37 Å². The summed E-state index contributed by atoms with van der Waals surface area (Å²) in [4.78, 5) is 25.0. The molecule has 1 aliphatic rings. The first-order chi connectivity index (χ1) is 18.2. The van der Waals surface area contributed by atoms with Crippen LogP contribution in [0.4, 0.5) is 14.9 Å². The Morgan fingerprint density at radius 1 is 1.08 bits per heavy atom. The van der Waals surface area contributed by atoms with Crippen LogP contribution in [0, 0.1) is 12.7 Å². The molecular formula is C29H24ClFN2O4S. The average Bonchev–Trinajstić information content (AvgIpc) is 3.63. The Morgan fingerprint density at radius 2 is 1.74 bits per heavy atom. The molecule has 0 saturated heterocycles. The van der Waals surface area contributed by atoms with Crippen molar-refractivity contribution in [1.82, 2.24) is 4.37 Å².